The molecule has 0 saturated carbocycles. The maximum Gasteiger partial charge on any atom is 0.0629 e. The lowest BCUT2D eigenvalue weighted by Gasteiger charge is -1.97. The van der Waals surface area contributed by atoms with E-state index in [1.165, 1.54) is 0 Å². The van der Waals surface area contributed by atoms with Crippen LogP contribution in [0.2, 0.25) is 0 Å². The number of terminal acetylenes is 1. The van der Waals surface area contributed by atoms with Crippen molar-refractivity contribution < 1.29 is 0 Å². The lowest BCUT2D eigenvalue weighted by atomic mass is 10.1. The molecular weight excluding hydrogens is 194 g/mol. The molecule has 1 heteroatoms. The van der Waals surface area contributed by atoms with Crippen LogP contribution in [0.3, 0.4) is 0 Å². The minimum atomic E-state index is 0.863. The van der Waals surface area contributed by atoms with E-state index in [0.29, 0.717) is 0 Å². The third kappa shape index (κ3) is 2.37. The van der Waals surface area contributed by atoms with Crippen LogP contribution in [0.1, 0.15) is 11.1 Å². The summed E-state index contributed by atoms with van der Waals surface area (Å²) in [7, 11) is 0. The van der Waals surface area contributed by atoms with Crippen LogP contribution in [-0.4, -0.2) is 6.21 Å². The molecule has 0 bridgehead atoms. The first-order valence-corrected chi connectivity index (χ1v) is 5.05. The fraction of sp³-hybridized carbons (Fsp3) is 0. The molecule has 2 aromatic rings. The third-order valence-corrected chi connectivity index (χ3v) is 2.23. The lowest BCUT2D eigenvalue weighted by Crippen LogP contribution is -1.86. The van der Waals surface area contributed by atoms with Gasteiger partial charge in [0, 0.05) is 17.3 Å². The highest BCUT2D eigenvalue weighted by Gasteiger charge is 1.94. The van der Waals surface area contributed by atoms with Crippen LogP contribution in [0, 0.1) is 12.3 Å². The Labute approximate surface area is 95.5 Å². The van der Waals surface area contributed by atoms with E-state index in [9.17, 15) is 0 Å². The molecule has 0 aliphatic rings. The molecule has 0 atom stereocenters. The van der Waals surface area contributed by atoms with Crippen molar-refractivity contribution in [2.45, 2.75) is 0 Å². The zero-order valence-electron chi connectivity index (χ0n) is 8.80. The standard InChI is InChI=1S/C15H11N/c1-2-13-8-6-7-9-14(13)12-16-15-10-4-3-5-11-15/h1,3-12H. The van der Waals surface area contributed by atoms with Gasteiger partial charge in [0.2, 0.25) is 0 Å². The summed E-state index contributed by atoms with van der Waals surface area (Å²) in [4.78, 5) is 4.36. The monoisotopic (exact) mass is 205 g/mol. The molecule has 0 aliphatic carbocycles. The summed E-state index contributed by atoms with van der Waals surface area (Å²) in [6, 6.07) is 17.5. The number of para-hydroxylation sites is 1. The van der Waals surface area contributed by atoms with Gasteiger partial charge in [-0.3, -0.25) is 4.99 Å². The summed E-state index contributed by atoms with van der Waals surface area (Å²) in [5.41, 5.74) is 2.75. The van der Waals surface area contributed by atoms with Gasteiger partial charge in [-0.1, -0.05) is 42.3 Å². The molecule has 2 rings (SSSR count). The maximum absolute atomic E-state index is 5.41. The van der Waals surface area contributed by atoms with Gasteiger partial charge >= 0.3 is 0 Å². The van der Waals surface area contributed by atoms with Crippen LogP contribution in [0.4, 0.5) is 5.69 Å². The Balaban J connectivity index is 2.28. The van der Waals surface area contributed by atoms with E-state index in [4.69, 9.17) is 6.42 Å². The second-order valence-corrected chi connectivity index (χ2v) is 3.33. The van der Waals surface area contributed by atoms with E-state index >= 15 is 0 Å². The minimum absolute atomic E-state index is 0.863. The van der Waals surface area contributed by atoms with Crippen molar-refractivity contribution in [2.24, 2.45) is 4.99 Å². The first kappa shape index (κ1) is 10.2. The fourth-order valence-electron chi connectivity index (χ4n) is 1.40. The van der Waals surface area contributed by atoms with Gasteiger partial charge in [0.05, 0.1) is 5.69 Å². The number of benzene rings is 2. The molecule has 0 heterocycles. The summed E-state index contributed by atoms with van der Waals surface area (Å²) in [6.07, 6.45) is 7.20. The van der Waals surface area contributed by atoms with E-state index in [1.807, 2.05) is 54.6 Å². The van der Waals surface area contributed by atoms with Gasteiger partial charge < -0.3 is 0 Å². The van der Waals surface area contributed by atoms with Gasteiger partial charge in [-0.15, -0.1) is 6.42 Å². The fourth-order valence-corrected chi connectivity index (χ4v) is 1.40. The predicted octanol–water partition coefficient (Wildman–Crippen LogP) is 3.42. The van der Waals surface area contributed by atoms with Gasteiger partial charge in [-0.05, 0) is 18.2 Å². The van der Waals surface area contributed by atoms with Crippen molar-refractivity contribution in [1.82, 2.24) is 0 Å². The molecule has 0 aliphatic heterocycles. The summed E-state index contributed by atoms with van der Waals surface area (Å²) in [6.45, 7) is 0. The number of hydrogen-bond acceptors (Lipinski definition) is 1. The Bertz CT molecular complexity index is 533. The van der Waals surface area contributed by atoms with Gasteiger partial charge in [0.25, 0.3) is 0 Å². The summed E-state index contributed by atoms with van der Waals surface area (Å²) < 4.78 is 0. The Morgan fingerprint density at radius 3 is 2.38 bits per heavy atom. The van der Waals surface area contributed by atoms with Crippen LogP contribution in [0.15, 0.2) is 59.6 Å². The number of nitrogens with zero attached hydrogens (tertiary/aromatic N) is 1. The molecule has 16 heavy (non-hydrogen) atoms. The first-order chi connectivity index (χ1) is 7.90. The zero-order valence-corrected chi connectivity index (χ0v) is 8.80. The molecule has 0 saturated heterocycles. The number of hydrogen-bond donors (Lipinski definition) is 0. The largest absolute Gasteiger partial charge is 0.256 e. The average Bonchev–Trinajstić information content (AvgIpc) is 2.38. The molecule has 76 valence electrons. The molecule has 0 fully saturated rings. The Morgan fingerprint density at radius 2 is 1.62 bits per heavy atom. The highest BCUT2D eigenvalue weighted by Crippen LogP contribution is 2.11. The molecule has 0 radical (unpaired) electrons. The molecule has 0 amide bonds. The quantitative estimate of drug-likeness (QED) is 0.526. The molecule has 0 N–H and O–H groups in total. The van der Waals surface area contributed by atoms with Gasteiger partial charge in [0.1, 0.15) is 0 Å². The molecule has 0 unspecified atom stereocenters. The van der Waals surface area contributed by atoms with Crippen LogP contribution in [-0.2, 0) is 0 Å². The summed E-state index contributed by atoms with van der Waals surface area (Å²) >= 11 is 0. The van der Waals surface area contributed by atoms with Crippen LogP contribution in [0.25, 0.3) is 0 Å². The SMILES string of the molecule is C#Cc1ccccc1C=Nc1ccccc1. The van der Waals surface area contributed by atoms with E-state index in [-0.39, 0.29) is 0 Å². The van der Waals surface area contributed by atoms with Crippen LogP contribution in [0.5, 0.6) is 0 Å². The molecule has 0 aromatic heterocycles. The van der Waals surface area contributed by atoms with E-state index in [0.717, 1.165) is 16.8 Å². The Kier molecular flexibility index (Phi) is 3.15. The highest BCUT2D eigenvalue weighted by atomic mass is 14.7. The van der Waals surface area contributed by atoms with Crippen LogP contribution >= 0.6 is 0 Å². The second kappa shape index (κ2) is 4.95. The van der Waals surface area contributed by atoms with Gasteiger partial charge in [0.15, 0.2) is 0 Å². The first-order valence-electron chi connectivity index (χ1n) is 5.05. The van der Waals surface area contributed by atoms with Gasteiger partial charge in [-0.25, -0.2) is 0 Å². The van der Waals surface area contributed by atoms with E-state index < -0.39 is 0 Å². The smallest absolute Gasteiger partial charge is 0.0629 e. The van der Waals surface area contributed by atoms with Crippen molar-refractivity contribution >= 4 is 11.9 Å². The summed E-state index contributed by atoms with van der Waals surface area (Å²) in [5.74, 6) is 2.64. The zero-order chi connectivity index (χ0) is 11.2. The number of rotatable bonds is 2. The van der Waals surface area contributed by atoms with E-state index in [2.05, 4.69) is 10.9 Å². The Hall–Kier alpha value is -2.33. The highest BCUT2D eigenvalue weighted by molar-refractivity contribution is 5.85. The molecule has 0 spiro atoms. The van der Waals surface area contributed by atoms with Crippen molar-refractivity contribution in [3.63, 3.8) is 0 Å². The third-order valence-electron chi connectivity index (χ3n) is 2.23. The van der Waals surface area contributed by atoms with Crippen molar-refractivity contribution in [2.75, 3.05) is 0 Å². The molecule has 1 nitrogen and oxygen atoms in total. The molecular formula is C15H11N. The summed E-state index contributed by atoms with van der Waals surface area (Å²) in [5, 5.41) is 0. The normalized spacial score (nSPS) is 10.2. The van der Waals surface area contributed by atoms with Crippen LogP contribution < -0.4 is 0 Å². The topological polar surface area (TPSA) is 12.4 Å². The minimum Gasteiger partial charge on any atom is -0.256 e. The Morgan fingerprint density at radius 1 is 0.938 bits per heavy atom. The lowest BCUT2D eigenvalue weighted by molar-refractivity contribution is 1.52. The average molecular weight is 205 g/mol. The van der Waals surface area contributed by atoms with Crippen molar-refractivity contribution in [1.29, 1.82) is 0 Å². The predicted molar refractivity (Wildman–Crippen MR) is 68.1 cm³/mol. The maximum atomic E-state index is 5.41. The van der Waals surface area contributed by atoms with Gasteiger partial charge in [-0.2, -0.15) is 0 Å². The number of aliphatic imine (C=N–C) groups is 1. The van der Waals surface area contributed by atoms with Crippen molar-refractivity contribution in [3.8, 4) is 12.3 Å². The second-order valence-electron chi connectivity index (χ2n) is 3.33. The van der Waals surface area contributed by atoms with E-state index in [1.54, 1.807) is 6.21 Å². The van der Waals surface area contributed by atoms with Crippen molar-refractivity contribution in [3.05, 3.63) is 65.7 Å². The molecule has 2 aromatic carbocycles.